The highest BCUT2D eigenvalue weighted by molar-refractivity contribution is 5.62. The van der Waals surface area contributed by atoms with Gasteiger partial charge >= 0.3 is 0 Å². The highest BCUT2D eigenvalue weighted by Crippen LogP contribution is 2.11. The predicted molar refractivity (Wildman–Crippen MR) is 47.0 cm³/mol. The Kier molecular flexibility index (Phi) is 2.16. The highest BCUT2D eigenvalue weighted by Gasteiger charge is 1.99. The summed E-state index contributed by atoms with van der Waals surface area (Å²) in [5.74, 6) is 0. The van der Waals surface area contributed by atoms with E-state index < -0.39 is 0 Å². The zero-order valence-corrected chi connectivity index (χ0v) is 6.54. The smallest absolute Gasteiger partial charge is 0.0926 e. The Morgan fingerprint density at radius 1 is 1.36 bits per heavy atom. The summed E-state index contributed by atoms with van der Waals surface area (Å²) >= 11 is 0. The Bertz CT molecular complexity index is 290. The van der Waals surface area contributed by atoms with E-state index in [-0.39, 0.29) is 0 Å². The van der Waals surface area contributed by atoms with E-state index >= 15 is 0 Å². The molecule has 0 bridgehead atoms. The SMILES string of the molecule is C=Cc1nncc(C)c1C=C. The molecule has 0 aliphatic rings. The molecular weight excluding hydrogens is 136 g/mol. The third-order valence-electron chi connectivity index (χ3n) is 1.52. The van der Waals surface area contributed by atoms with Crippen LogP contribution in [0, 0.1) is 6.92 Å². The van der Waals surface area contributed by atoms with Crippen LogP contribution < -0.4 is 0 Å². The zero-order chi connectivity index (χ0) is 8.27. The molecule has 1 aromatic heterocycles. The van der Waals surface area contributed by atoms with Crippen LogP contribution in [-0.4, -0.2) is 10.2 Å². The Labute approximate surface area is 66.3 Å². The van der Waals surface area contributed by atoms with Crippen LogP contribution in [0.4, 0.5) is 0 Å². The van der Waals surface area contributed by atoms with E-state index in [1.165, 1.54) is 0 Å². The van der Waals surface area contributed by atoms with Crippen molar-refractivity contribution in [1.82, 2.24) is 10.2 Å². The van der Waals surface area contributed by atoms with Gasteiger partial charge in [0.15, 0.2) is 0 Å². The van der Waals surface area contributed by atoms with Crippen molar-refractivity contribution in [2.75, 3.05) is 0 Å². The molecule has 56 valence electrons. The molecular formula is C9H10N2. The summed E-state index contributed by atoms with van der Waals surface area (Å²) in [7, 11) is 0. The van der Waals surface area contributed by atoms with Crippen LogP contribution in [-0.2, 0) is 0 Å². The number of aryl methyl sites for hydroxylation is 1. The summed E-state index contributed by atoms with van der Waals surface area (Å²) < 4.78 is 0. The molecule has 0 aliphatic heterocycles. The molecule has 11 heavy (non-hydrogen) atoms. The van der Waals surface area contributed by atoms with Crippen molar-refractivity contribution in [3.05, 3.63) is 36.2 Å². The maximum absolute atomic E-state index is 3.89. The van der Waals surface area contributed by atoms with Crippen LogP contribution in [0.5, 0.6) is 0 Å². The summed E-state index contributed by atoms with van der Waals surface area (Å²) in [6.07, 6.45) is 5.15. The van der Waals surface area contributed by atoms with Gasteiger partial charge in [0.1, 0.15) is 0 Å². The molecule has 2 heteroatoms. The third-order valence-corrected chi connectivity index (χ3v) is 1.52. The largest absolute Gasteiger partial charge is 0.158 e. The maximum Gasteiger partial charge on any atom is 0.0926 e. The van der Waals surface area contributed by atoms with Crippen molar-refractivity contribution in [2.45, 2.75) is 6.92 Å². The summed E-state index contributed by atoms with van der Waals surface area (Å²) in [6.45, 7) is 9.29. The molecule has 0 aromatic carbocycles. The van der Waals surface area contributed by atoms with Gasteiger partial charge in [-0.15, -0.1) is 0 Å². The van der Waals surface area contributed by atoms with Gasteiger partial charge in [0, 0.05) is 5.56 Å². The minimum Gasteiger partial charge on any atom is -0.158 e. The zero-order valence-electron chi connectivity index (χ0n) is 6.54. The molecule has 1 aromatic rings. The van der Waals surface area contributed by atoms with E-state index in [1.54, 1.807) is 18.3 Å². The van der Waals surface area contributed by atoms with Crippen LogP contribution >= 0.6 is 0 Å². The minimum absolute atomic E-state index is 0.792. The molecule has 0 saturated heterocycles. The molecule has 0 saturated carbocycles. The highest BCUT2D eigenvalue weighted by atomic mass is 15.1. The lowest BCUT2D eigenvalue weighted by atomic mass is 10.1. The predicted octanol–water partition coefficient (Wildman–Crippen LogP) is 2.07. The van der Waals surface area contributed by atoms with Crippen molar-refractivity contribution >= 4 is 12.2 Å². The Morgan fingerprint density at radius 3 is 2.55 bits per heavy atom. The first-order valence-electron chi connectivity index (χ1n) is 3.36. The second kappa shape index (κ2) is 3.10. The van der Waals surface area contributed by atoms with Gasteiger partial charge < -0.3 is 0 Å². The van der Waals surface area contributed by atoms with Gasteiger partial charge in [0.2, 0.25) is 0 Å². The second-order valence-electron chi connectivity index (χ2n) is 2.23. The molecule has 0 spiro atoms. The minimum atomic E-state index is 0.792. The molecule has 0 radical (unpaired) electrons. The number of nitrogens with zero attached hydrogens (tertiary/aromatic N) is 2. The monoisotopic (exact) mass is 146 g/mol. The van der Waals surface area contributed by atoms with Gasteiger partial charge in [-0.3, -0.25) is 0 Å². The van der Waals surface area contributed by atoms with Crippen LogP contribution in [0.2, 0.25) is 0 Å². The fourth-order valence-electron chi connectivity index (χ4n) is 0.919. The normalized spacial score (nSPS) is 9.18. The lowest BCUT2D eigenvalue weighted by Crippen LogP contribution is -1.92. The first kappa shape index (κ1) is 7.66. The van der Waals surface area contributed by atoms with Gasteiger partial charge in [-0.1, -0.05) is 19.2 Å². The van der Waals surface area contributed by atoms with E-state index in [4.69, 9.17) is 0 Å². The standard InChI is InChI=1S/C9H10N2/c1-4-8-7(3)6-10-11-9(8)5-2/h4-6H,1-2H2,3H3. The van der Waals surface area contributed by atoms with Crippen molar-refractivity contribution in [3.63, 3.8) is 0 Å². The van der Waals surface area contributed by atoms with Crippen LogP contribution in [0.15, 0.2) is 19.4 Å². The Hall–Kier alpha value is -1.44. The Balaban J connectivity index is 3.35. The molecule has 0 aliphatic carbocycles. The van der Waals surface area contributed by atoms with Crippen LogP contribution in [0.1, 0.15) is 16.8 Å². The summed E-state index contributed by atoms with van der Waals surface area (Å²) in [5, 5.41) is 7.68. The first-order valence-corrected chi connectivity index (χ1v) is 3.36. The first-order chi connectivity index (χ1) is 5.29. The molecule has 0 atom stereocenters. The lowest BCUT2D eigenvalue weighted by molar-refractivity contribution is 0.996. The van der Waals surface area contributed by atoms with Crippen molar-refractivity contribution in [3.8, 4) is 0 Å². The molecule has 0 N–H and O–H groups in total. The van der Waals surface area contributed by atoms with E-state index in [9.17, 15) is 0 Å². The van der Waals surface area contributed by atoms with Crippen molar-refractivity contribution < 1.29 is 0 Å². The summed E-state index contributed by atoms with van der Waals surface area (Å²) in [6, 6.07) is 0. The van der Waals surface area contributed by atoms with E-state index in [1.807, 2.05) is 6.92 Å². The second-order valence-corrected chi connectivity index (χ2v) is 2.23. The van der Waals surface area contributed by atoms with E-state index in [2.05, 4.69) is 23.4 Å². The molecule has 0 amide bonds. The Morgan fingerprint density at radius 2 is 2.09 bits per heavy atom. The van der Waals surface area contributed by atoms with Gasteiger partial charge in [-0.25, -0.2) is 0 Å². The fraction of sp³-hybridized carbons (Fsp3) is 0.111. The maximum atomic E-state index is 3.89. The number of aromatic nitrogens is 2. The number of rotatable bonds is 2. The average Bonchev–Trinajstić information content (AvgIpc) is 2.04. The van der Waals surface area contributed by atoms with E-state index in [0.29, 0.717) is 0 Å². The average molecular weight is 146 g/mol. The topological polar surface area (TPSA) is 25.8 Å². The van der Waals surface area contributed by atoms with Crippen LogP contribution in [0.3, 0.4) is 0 Å². The van der Waals surface area contributed by atoms with E-state index in [0.717, 1.165) is 16.8 Å². The van der Waals surface area contributed by atoms with Crippen molar-refractivity contribution in [1.29, 1.82) is 0 Å². The van der Waals surface area contributed by atoms with Gasteiger partial charge in [0.25, 0.3) is 0 Å². The fourth-order valence-corrected chi connectivity index (χ4v) is 0.919. The third kappa shape index (κ3) is 1.34. The van der Waals surface area contributed by atoms with Crippen LogP contribution in [0.25, 0.3) is 12.2 Å². The number of hydrogen-bond acceptors (Lipinski definition) is 2. The van der Waals surface area contributed by atoms with Gasteiger partial charge in [0.05, 0.1) is 11.9 Å². The molecule has 0 fully saturated rings. The molecule has 0 unspecified atom stereocenters. The lowest BCUT2D eigenvalue weighted by Gasteiger charge is -2.00. The van der Waals surface area contributed by atoms with Crippen molar-refractivity contribution in [2.24, 2.45) is 0 Å². The van der Waals surface area contributed by atoms with Gasteiger partial charge in [-0.2, -0.15) is 10.2 Å². The van der Waals surface area contributed by atoms with Gasteiger partial charge in [-0.05, 0) is 18.6 Å². The number of hydrogen-bond donors (Lipinski definition) is 0. The molecule has 1 heterocycles. The quantitative estimate of drug-likeness (QED) is 0.638. The molecule has 1 rings (SSSR count). The summed E-state index contributed by atoms with van der Waals surface area (Å²) in [5.41, 5.74) is 2.87. The summed E-state index contributed by atoms with van der Waals surface area (Å²) in [4.78, 5) is 0. The molecule has 2 nitrogen and oxygen atoms in total.